The molecule has 2 saturated heterocycles. The number of amides is 1. The molecule has 1 unspecified atom stereocenters. The molecule has 2 aliphatic heterocycles. The fourth-order valence-electron chi connectivity index (χ4n) is 2.97. The number of likely N-dealkylation sites (tertiary alicyclic amines) is 1. The van der Waals surface area contributed by atoms with Crippen LogP contribution in [0.3, 0.4) is 0 Å². The van der Waals surface area contributed by atoms with Gasteiger partial charge in [-0.15, -0.1) is 24.8 Å². The van der Waals surface area contributed by atoms with E-state index in [4.69, 9.17) is 4.74 Å². The number of rotatable bonds is 4. The summed E-state index contributed by atoms with van der Waals surface area (Å²) in [6.07, 6.45) is 2.86. The van der Waals surface area contributed by atoms with Crippen molar-refractivity contribution in [1.29, 1.82) is 0 Å². The molecule has 1 N–H and O–H groups in total. The molecule has 2 aliphatic rings. The summed E-state index contributed by atoms with van der Waals surface area (Å²) in [7, 11) is 4.23. The maximum absolute atomic E-state index is 12.2. The molecule has 126 valence electrons. The molecule has 0 radical (unpaired) electrons. The lowest BCUT2D eigenvalue weighted by Crippen LogP contribution is -2.47. The summed E-state index contributed by atoms with van der Waals surface area (Å²) in [5.41, 5.74) is 0. The third-order valence-electron chi connectivity index (χ3n) is 4.01. The zero-order chi connectivity index (χ0) is 13.7. The number of carbonyl (C=O) groups is 1. The number of nitrogens with zero attached hydrogens (tertiary/aromatic N) is 2. The molecule has 21 heavy (non-hydrogen) atoms. The monoisotopic (exact) mass is 341 g/mol. The maximum Gasteiger partial charge on any atom is 0.224 e. The highest BCUT2D eigenvalue weighted by molar-refractivity contribution is 5.85. The van der Waals surface area contributed by atoms with Gasteiger partial charge in [-0.25, -0.2) is 0 Å². The average molecular weight is 342 g/mol. The van der Waals surface area contributed by atoms with Gasteiger partial charge >= 0.3 is 0 Å². The van der Waals surface area contributed by atoms with Gasteiger partial charge in [0.25, 0.3) is 0 Å². The first kappa shape index (κ1) is 20.9. The number of morpholine rings is 1. The molecule has 7 heteroatoms. The van der Waals surface area contributed by atoms with E-state index in [2.05, 4.69) is 24.3 Å². The van der Waals surface area contributed by atoms with Crippen molar-refractivity contribution in [2.45, 2.75) is 25.3 Å². The van der Waals surface area contributed by atoms with E-state index in [9.17, 15) is 4.79 Å². The number of hydrogen-bond donors (Lipinski definition) is 1. The number of piperidine rings is 1. The predicted molar refractivity (Wildman–Crippen MR) is 89.6 cm³/mol. The number of ether oxygens (including phenoxy) is 1. The van der Waals surface area contributed by atoms with Crippen LogP contribution < -0.4 is 5.32 Å². The van der Waals surface area contributed by atoms with Crippen molar-refractivity contribution >= 4 is 30.7 Å². The maximum atomic E-state index is 12.2. The Morgan fingerprint density at radius 3 is 2.48 bits per heavy atom. The van der Waals surface area contributed by atoms with Crippen molar-refractivity contribution in [3.05, 3.63) is 0 Å². The number of carbonyl (C=O) groups excluding carboxylic acids is 1. The fraction of sp³-hybridized carbons (Fsp3) is 0.929. The van der Waals surface area contributed by atoms with Crippen molar-refractivity contribution in [2.24, 2.45) is 5.92 Å². The van der Waals surface area contributed by atoms with Gasteiger partial charge in [-0.1, -0.05) is 0 Å². The van der Waals surface area contributed by atoms with Gasteiger partial charge in [-0.3, -0.25) is 4.79 Å². The van der Waals surface area contributed by atoms with E-state index in [1.165, 1.54) is 0 Å². The molecule has 5 nitrogen and oxygen atoms in total. The van der Waals surface area contributed by atoms with E-state index >= 15 is 0 Å². The SMILES string of the molecule is CN(C)CC1CCN(C(=O)CC2COCCN2)CC1.Cl.Cl. The Hall–Kier alpha value is -0.0700. The van der Waals surface area contributed by atoms with Crippen molar-refractivity contribution in [3.63, 3.8) is 0 Å². The van der Waals surface area contributed by atoms with E-state index in [1.807, 2.05) is 4.90 Å². The highest BCUT2D eigenvalue weighted by Crippen LogP contribution is 2.18. The second-order valence-corrected chi connectivity index (χ2v) is 6.02. The summed E-state index contributed by atoms with van der Waals surface area (Å²) in [6.45, 7) is 5.28. The third kappa shape index (κ3) is 7.15. The molecule has 2 heterocycles. The topological polar surface area (TPSA) is 44.8 Å². The Morgan fingerprint density at radius 1 is 1.29 bits per heavy atom. The second-order valence-electron chi connectivity index (χ2n) is 6.02. The van der Waals surface area contributed by atoms with Gasteiger partial charge < -0.3 is 19.9 Å². The average Bonchev–Trinajstić information content (AvgIpc) is 2.40. The molecule has 1 atom stereocenters. The lowest BCUT2D eigenvalue weighted by Gasteiger charge is -2.34. The molecule has 0 aromatic heterocycles. The second kappa shape index (κ2) is 10.6. The van der Waals surface area contributed by atoms with Crippen LogP contribution in [0.4, 0.5) is 0 Å². The third-order valence-corrected chi connectivity index (χ3v) is 4.01. The van der Waals surface area contributed by atoms with Gasteiger partial charge in [-0.05, 0) is 32.9 Å². The summed E-state index contributed by atoms with van der Waals surface area (Å²) in [6, 6.07) is 0.209. The van der Waals surface area contributed by atoms with Gasteiger partial charge in [0, 0.05) is 38.6 Å². The molecule has 0 bridgehead atoms. The first-order chi connectivity index (χ1) is 9.15. The molecule has 2 fully saturated rings. The number of nitrogens with one attached hydrogen (secondary N) is 1. The fourth-order valence-corrected chi connectivity index (χ4v) is 2.97. The largest absolute Gasteiger partial charge is 0.378 e. The van der Waals surface area contributed by atoms with Crippen LogP contribution in [0.15, 0.2) is 0 Å². The summed E-state index contributed by atoms with van der Waals surface area (Å²) in [5.74, 6) is 1.03. The van der Waals surface area contributed by atoms with Crippen LogP contribution in [-0.2, 0) is 9.53 Å². The van der Waals surface area contributed by atoms with E-state index in [0.717, 1.165) is 51.5 Å². The van der Waals surface area contributed by atoms with E-state index in [0.29, 0.717) is 13.0 Å². The van der Waals surface area contributed by atoms with Gasteiger partial charge in [0.1, 0.15) is 0 Å². The molecule has 0 aliphatic carbocycles. The standard InChI is InChI=1S/C14H27N3O2.2ClH/c1-16(2)10-12-3-6-17(7-4-12)14(18)9-13-11-19-8-5-15-13;;/h12-13,15H,3-11H2,1-2H3;2*1H. The molecule has 0 spiro atoms. The Bertz CT molecular complexity index is 292. The van der Waals surface area contributed by atoms with Crippen LogP contribution in [0.5, 0.6) is 0 Å². The van der Waals surface area contributed by atoms with E-state index in [1.54, 1.807) is 0 Å². The normalized spacial score (nSPS) is 23.4. The van der Waals surface area contributed by atoms with E-state index < -0.39 is 0 Å². The smallest absolute Gasteiger partial charge is 0.224 e. The minimum atomic E-state index is 0. The van der Waals surface area contributed by atoms with Gasteiger partial charge in [0.05, 0.1) is 13.2 Å². The quantitative estimate of drug-likeness (QED) is 0.828. The van der Waals surface area contributed by atoms with Crippen molar-refractivity contribution < 1.29 is 9.53 Å². The number of halogens is 2. The van der Waals surface area contributed by atoms with Crippen molar-refractivity contribution in [1.82, 2.24) is 15.1 Å². The van der Waals surface area contributed by atoms with Crippen LogP contribution in [0.1, 0.15) is 19.3 Å². The van der Waals surface area contributed by atoms with Crippen molar-refractivity contribution in [3.8, 4) is 0 Å². The van der Waals surface area contributed by atoms with Gasteiger partial charge in [0.15, 0.2) is 0 Å². The summed E-state index contributed by atoms with van der Waals surface area (Å²) in [5, 5.41) is 3.34. The Morgan fingerprint density at radius 2 is 1.95 bits per heavy atom. The summed E-state index contributed by atoms with van der Waals surface area (Å²) < 4.78 is 5.39. The lowest BCUT2D eigenvalue weighted by molar-refractivity contribution is -0.133. The van der Waals surface area contributed by atoms with E-state index in [-0.39, 0.29) is 36.8 Å². The van der Waals surface area contributed by atoms with Crippen molar-refractivity contribution in [2.75, 3.05) is 53.5 Å². The molecule has 2 rings (SSSR count). The Kier molecular flexibility index (Phi) is 10.6. The zero-order valence-electron chi connectivity index (χ0n) is 13.0. The molecule has 1 amide bonds. The van der Waals surface area contributed by atoms with Crippen LogP contribution in [0, 0.1) is 5.92 Å². The van der Waals surface area contributed by atoms with Gasteiger partial charge in [0.2, 0.25) is 5.91 Å². The molecule has 0 aromatic carbocycles. The minimum Gasteiger partial charge on any atom is -0.378 e. The Labute approximate surface area is 140 Å². The molecule has 0 saturated carbocycles. The highest BCUT2D eigenvalue weighted by Gasteiger charge is 2.25. The highest BCUT2D eigenvalue weighted by atomic mass is 35.5. The molecule has 0 aromatic rings. The minimum absolute atomic E-state index is 0. The zero-order valence-corrected chi connectivity index (χ0v) is 14.7. The van der Waals surface area contributed by atoms with Gasteiger partial charge in [-0.2, -0.15) is 0 Å². The first-order valence-electron chi connectivity index (χ1n) is 7.39. The predicted octanol–water partition coefficient (Wildman–Crippen LogP) is 1.01. The van der Waals surface area contributed by atoms with Crippen LogP contribution >= 0.6 is 24.8 Å². The number of hydrogen-bond acceptors (Lipinski definition) is 4. The molecular weight excluding hydrogens is 313 g/mol. The lowest BCUT2D eigenvalue weighted by atomic mass is 9.96. The Balaban J connectivity index is 0.00000200. The summed E-state index contributed by atoms with van der Waals surface area (Å²) in [4.78, 5) is 16.5. The van der Waals surface area contributed by atoms with Crippen LogP contribution in [-0.4, -0.2) is 75.2 Å². The van der Waals surface area contributed by atoms with Crippen LogP contribution in [0.25, 0.3) is 0 Å². The molecular formula is C14H29Cl2N3O2. The van der Waals surface area contributed by atoms with Crippen LogP contribution in [0.2, 0.25) is 0 Å². The summed E-state index contributed by atoms with van der Waals surface area (Å²) >= 11 is 0. The first-order valence-corrected chi connectivity index (χ1v) is 7.39.